The molecule has 0 aromatic heterocycles. The fourth-order valence-electron chi connectivity index (χ4n) is 3.01. The summed E-state index contributed by atoms with van der Waals surface area (Å²) in [6.45, 7) is 2.09. The van der Waals surface area contributed by atoms with Crippen LogP contribution in [0.1, 0.15) is 36.4 Å². The molecule has 0 spiro atoms. The summed E-state index contributed by atoms with van der Waals surface area (Å²) in [7, 11) is 3.40. The van der Waals surface area contributed by atoms with Crippen LogP contribution >= 0.6 is 0 Å². The van der Waals surface area contributed by atoms with Gasteiger partial charge in [-0.2, -0.15) is 0 Å². The van der Waals surface area contributed by atoms with Crippen LogP contribution in [0.15, 0.2) is 24.3 Å². The number of methoxy groups -OCH3 is 1. The summed E-state index contributed by atoms with van der Waals surface area (Å²) < 4.78 is 5.02. The summed E-state index contributed by atoms with van der Waals surface area (Å²) in [6.07, 6.45) is 2.90. The molecule has 1 aliphatic rings. The minimum atomic E-state index is -0.379. The molecule has 1 N–H and O–H groups in total. The number of benzene rings is 1. The SMILES string of the molecule is CNC(c1ccccc1C)C1(C(=O)OC)CCC1. The van der Waals surface area contributed by atoms with Gasteiger partial charge < -0.3 is 10.1 Å². The van der Waals surface area contributed by atoms with Crippen molar-refractivity contribution in [3.8, 4) is 0 Å². The van der Waals surface area contributed by atoms with E-state index in [1.165, 1.54) is 18.2 Å². The number of carbonyl (C=O) groups excluding carboxylic acids is 1. The van der Waals surface area contributed by atoms with Gasteiger partial charge in [0, 0.05) is 6.04 Å². The molecule has 1 aromatic carbocycles. The Hall–Kier alpha value is -1.35. The molecule has 0 amide bonds. The summed E-state index contributed by atoms with van der Waals surface area (Å²) in [5, 5.41) is 3.32. The van der Waals surface area contributed by atoms with Gasteiger partial charge in [-0.25, -0.2) is 0 Å². The molecule has 0 aliphatic heterocycles. The first-order chi connectivity index (χ1) is 8.65. The summed E-state index contributed by atoms with van der Waals surface area (Å²) in [5.41, 5.74) is 2.03. The van der Waals surface area contributed by atoms with E-state index < -0.39 is 0 Å². The van der Waals surface area contributed by atoms with E-state index in [2.05, 4.69) is 24.4 Å². The number of carbonyl (C=O) groups is 1. The first kappa shape index (κ1) is 13.1. The van der Waals surface area contributed by atoms with Crippen molar-refractivity contribution in [3.05, 3.63) is 35.4 Å². The maximum atomic E-state index is 12.1. The third kappa shape index (κ3) is 1.93. The van der Waals surface area contributed by atoms with Crippen molar-refractivity contribution < 1.29 is 9.53 Å². The van der Waals surface area contributed by atoms with Crippen molar-refractivity contribution in [2.24, 2.45) is 5.41 Å². The van der Waals surface area contributed by atoms with E-state index in [0.29, 0.717) is 0 Å². The molecule has 3 heteroatoms. The lowest BCUT2D eigenvalue weighted by atomic mass is 9.62. The van der Waals surface area contributed by atoms with E-state index in [4.69, 9.17) is 4.74 Å². The van der Waals surface area contributed by atoms with Gasteiger partial charge in [0.25, 0.3) is 0 Å². The number of aryl methyl sites for hydroxylation is 1. The van der Waals surface area contributed by atoms with Crippen LogP contribution in [-0.2, 0) is 9.53 Å². The quantitative estimate of drug-likeness (QED) is 0.831. The van der Waals surface area contributed by atoms with Crippen LogP contribution in [0.2, 0.25) is 0 Å². The highest BCUT2D eigenvalue weighted by Gasteiger charge is 2.51. The lowest BCUT2D eigenvalue weighted by molar-refractivity contribution is -0.161. The largest absolute Gasteiger partial charge is 0.469 e. The van der Waals surface area contributed by atoms with Crippen molar-refractivity contribution in [3.63, 3.8) is 0 Å². The molecule has 0 heterocycles. The first-order valence-corrected chi connectivity index (χ1v) is 6.47. The molecule has 0 saturated heterocycles. The third-order valence-electron chi connectivity index (χ3n) is 4.18. The van der Waals surface area contributed by atoms with E-state index in [9.17, 15) is 4.79 Å². The van der Waals surface area contributed by atoms with Crippen LogP contribution in [0, 0.1) is 12.3 Å². The molecular weight excluding hydrogens is 226 g/mol. The molecule has 1 aliphatic carbocycles. The predicted molar refractivity (Wildman–Crippen MR) is 71.3 cm³/mol. The van der Waals surface area contributed by atoms with Crippen LogP contribution in [-0.4, -0.2) is 20.1 Å². The molecule has 3 nitrogen and oxygen atoms in total. The topological polar surface area (TPSA) is 38.3 Å². The number of hydrogen-bond donors (Lipinski definition) is 1. The van der Waals surface area contributed by atoms with Gasteiger partial charge in [0.15, 0.2) is 0 Å². The van der Waals surface area contributed by atoms with Gasteiger partial charge in [-0.1, -0.05) is 30.7 Å². The fourth-order valence-corrected chi connectivity index (χ4v) is 3.01. The average Bonchev–Trinajstić information content (AvgIpc) is 2.34. The molecule has 1 fully saturated rings. The van der Waals surface area contributed by atoms with Gasteiger partial charge in [-0.15, -0.1) is 0 Å². The summed E-state index contributed by atoms with van der Waals surface area (Å²) in [5.74, 6) is -0.0867. The van der Waals surface area contributed by atoms with E-state index in [-0.39, 0.29) is 17.4 Å². The summed E-state index contributed by atoms with van der Waals surface area (Å²) >= 11 is 0. The Morgan fingerprint density at radius 3 is 2.50 bits per heavy atom. The number of rotatable bonds is 4. The summed E-state index contributed by atoms with van der Waals surface area (Å²) in [4.78, 5) is 12.1. The standard InChI is InChI=1S/C15H21NO2/c1-11-7-4-5-8-12(11)13(16-2)15(9-6-10-15)14(17)18-3/h4-5,7-8,13,16H,6,9-10H2,1-3H3. The zero-order chi connectivity index (χ0) is 13.2. The first-order valence-electron chi connectivity index (χ1n) is 6.47. The van der Waals surface area contributed by atoms with Gasteiger partial charge in [0.1, 0.15) is 0 Å². The van der Waals surface area contributed by atoms with Crippen molar-refractivity contribution >= 4 is 5.97 Å². The van der Waals surface area contributed by atoms with E-state index in [0.717, 1.165) is 19.3 Å². The highest BCUT2D eigenvalue weighted by Crippen LogP contribution is 2.51. The number of nitrogens with one attached hydrogen (secondary N) is 1. The fraction of sp³-hybridized carbons (Fsp3) is 0.533. The Morgan fingerprint density at radius 1 is 1.39 bits per heavy atom. The normalized spacial score (nSPS) is 18.8. The van der Waals surface area contributed by atoms with Crippen LogP contribution in [0.3, 0.4) is 0 Å². The predicted octanol–water partition coefficient (Wildman–Crippen LogP) is 2.60. The maximum Gasteiger partial charge on any atom is 0.313 e. The highest BCUT2D eigenvalue weighted by atomic mass is 16.5. The van der Waals surface area contributed by atoms with Crippen molar-refractivity contribution in [1.29, 1.82) is 0 Å². The van der Waals surface area contributed by atoms with E-state index in [1.807, 2.05) is 19.2 Å². The molecule has 18 heavy (non-hydrogen) atoms. The maximum absolute atomic E-state index is 12.1. The van der Waals surface area contributed by atoms with E-state index in [1.54, 1.807) is 0 Å². The molecule has 1 unspecified atom stereocenters. The van der Waals surface area contributed by atoms with Gasteiger partial charge in [-0.05, 0) is 37.9 Å². The minimum Gasteiger partial charge on any atom is -0.469 e. The second kappa shape index (κ2) is 5.11. The van der Waals surface area contributed by atoms with Crippen molar-refractivity contribution in [2.45, 2.75) is 32.2 Å². The lowest BCUT2D eigenvalue weighted by Gasteiger charge is -2.45. The highest BCUT2D eigenvalue weighted by molar-refractivity contribution is 5.79. The Kier molecular flexibility index (Phi) is 3.71. The Labute approximate surface area is 109 Å². The Balaban J connectivity index is 2.39. The van der Waals surface area contributed by atoms with Gasteiger partial charge in [0.05, 0.1) is 12.5 Å². The minimum absolute atomic E-state index is 0.0416. The lowest BCUT2D eigenvalue weighted by Crippen LogP contribution is -2.48. The monoisotopic (exact) mass is 247 g/mol. The van der Waals surface area contributed by atoms with Crippen molar-refractivity contribution in [2.75, 3.05) is 14.2 Å². The zero-order valence-corrected chi connectivity index (χ0v) is 11.3. The van der Waals surface area contributed by atoms with Crippen LogP contribution in [0.4, 0.5) is 0 Å². The number of esters is 1. The Bertz CT molecular complexity index is 438. The zero-order valence-electron chi connectivity index (χ0n) is 11.3. The Morgan fingerprint density at radius 2 is 2.06 bits per heavy atom. The third-order valence-corrected chi connectivity index (χ3v) is 4.18. The van der Waals surface area contributed by atoms with Crippen molar-refractivity contribution in [1.82, 2.24) is 5.32 Å². The molecule has 0 radical (unpaired) electrons. The van der Waals surface area contributed by atoms with Gasteiger partial charge in [-0.3, -0.25) is 4.79 Å². The molecule has 98 valence electrons. The smallest absolute Gasteiger partial charge is 0.313 e. The number of hydrogen-bond acceptors (Lipinski definition) is 3. The second-order valence-electron chi connectivity index (χ2n) is 5.08. The van der Waals surface area contributed by atoms with Crippen LogP contribution in [0.25, 0.3) is 0 Å². The van der Waals surface area contributed by atoms with Gasteiger partial charge >= 0.3 is 5.97 Å². The van der Waals surface area contributed by atoms with Crippen LogP contribution in [0.5, 0.6) is 0 Å². The molecule has 2 rings (SSSR count). The summed E-state index contributed by atoms with van der Waals surface area (Å²) in [6, 6.07) is 8.27. The van der Waals surface area contributed by atoms with E-state index >= 15 is 0 Å². The second-order valence-corrected chi connectivity index (χ2v) is 5.08. The van der Waals surface area contributed by atoms with Crippen LogP contribution < -0.4 is 5.32 Å². The molecule has 1 saturated carbocycles. The average molecular weight is 247 g/mol. The molecule has 1 aromatic rings. The molecule has 1 atom stereocenters. The molecular formula is C15H21NO2. The molecule has 0 bridgehead atoms. The number of ether oxygens (including phenoxy) is 1. The van der Waals surface area contributed by atoms with Gasteiger partial charge in [0.2, 0.25) is 0 Å².